The van der Waals surface area contributed by atoms with Crippen molar-refractivity contribution in [1.29, 1.82) is 0 Å². The monoisotopic (exact) mass is 594 g/mol. The van der Waals surface area contributed by atoms with Gasteiger partial charge in [0.25, 0.3) is 0 Å². The number of hydroxylamine groups is 4. The molecular formula is C33H46N4O6. The first kappa shape index (κ1) is 32.7. The van der Waals surface area contributed by atoms with Crippen LogP contribution in [-0.4, -0.2) is 56.7 Å². The zero-order chi connectivity index (χ0) is 31.8. The lowest BCUT2D eigenvalue weighted by Gasteiger charge is -2.49. The summed E-state index contributed by atoms with van der Waals surface area (Å²) in [4.78, 5) is 25.1. The predicted octanol–water partition coefficient (Wildman–Crippen LogP) is 7.11. The highest BCUT2D eigenvalue weighted by atomic mass is 16.6. The first-order valence-corrected chi connectivity index (χ1v) is 14.9. The first-order chi connectivity index (χ1) is 19.9. The Bertz CT molecular complexity index is 1150. The zero-order valence-corrected chi connectivity index (χ0v) is 26.7. The van der Waals surface area contributed by atoms with E-state index in [0.717, 1.165) is 21.3 Å². The summed E-state index contributed by atoms with van der Waals surface area (Å²) in [6.07, 6.45) is 0.810. The zero-order valence-electron chi connectivity index (χ0n) is 26.7. The van der Waals surface area contributed by atoms with E-state index in [-0.39, 0.29) is 12.2 Å². The summed E-state index contributed by atoms with van der Waals surface area (Å²) in [5.74, 6) is 0. The Kier molecular flexibility index (Phi) is 9.19. The average molecular weight is 595 g/mol. The third-order valence-corrected chi connectivity index (χ3v) is 8.46. The fraction of sp³-hybridized carbons (Fsp3) is 0.576. The van der Waals surface area contributed by atoms with Gasteiger partial charge in [0.2, 0.25) is 0 Å². The van der Waals surface area contributed by atoms with Crippen LogP contribution in [0.2, 0.25) is 0 Å². The number of carbonyl (C=O) groups excluding carboxylic acids is 2. The average Bonchev–Trinajstić information content (AvgIpc) is 2.87. The van der Waals surface area contributed by atoms with Gasteiger partial charge in [-0.3, -0.25) is 10.6 Å². The Labute approximate surface area is 255 Å². The molecule has 2 N–H and O–H groups in total. The second kappa shape index (κ2) is 12.1. The molecule has 2 saturated heterocycles. The molecule has 2 radical (unpaired) electrons. The molecule has 0 bridgehead atoms. The maximum atomic E-state index is 12.6. The van der Waals surface area contributed by atoms with Crippen molar-refractivity contribution in [3.8, 4) is 0 Å². The molecule has 2 amide bonds. The number of nitrogens with zero attached hydrogens (tertiary/aromatic N) is 2. The second-order valence-electron chi connectivity index (χ2n) is 14.5. The van der Waals surface area contributed by atoms with Crippen molar-refractivity contribution in [3.05, 3.63) is 59.7 Å². The topological polar surface area (TPSA) is 123 Å². The highest BCUT2D eigenvalue weighted by Crippen LogP contribution is 2.39. The molecule has 0 aromatic heterocycles. The van der Waals surface area contributed by atoms with E-state index in [1.807, 2.05) is 104 Å². The molecule has 0 aliphatic carbocycles. The highest BCUT2D eigenvalue weighted by molar-refractivity contribution is 5.85. The molecule has 4 rings (SSSR count). The van der Waals surface area contributed by atoms with Gasteiger partial charge < -0.3 is 9.47 Å². The lowest BCUT2D eigenvalue weighted by Crippen LogP contribution is -2.60. The number of anilines is 2. The molecule has 43 heavy (non-hydrogen) atoms. The van der Waals surface area contributed by atoms with Crippen LogP contribution in [0.15, 0.2) is 48.5 Å². The van der Waals surface area contributed by atoms with Crippen LogP contribution in [0.1, 0.15) is 92.2 Å². The van der Waals surface area contributed by atoms with E-state index < -0.39 is 34.3 Å². The molecule has 234 valence electrons. The first-order valence-electron chi connectivity index (χ1n) is 14.9. The fourth-order valence-electron chi connectivity index (χ4n) is 6.75. The highest BCUT2D eigenvalue weighted by Gasteiger charge is 2.48. The summed E-state index contributed by atoms with van der Waals surface area (Å²) in [5.41, 5.74) is 0.907. The lowest BCUT2D eigenvalue weighted by molar-refractivity contribution is -0.297. The number of hydrogen-bond acceptors (Lipinski definition) is 6. The molecule has 0 atom stereocenters. The van der Waals surface area contributed by atoms with Crippen LogP contribution in [-0.2, 0) is 26.3 Å². The van der Waals surface area contributed by atoms with E-state index in [0.29, 0.717) is 43.5 Å². The number of ether oxygens (including phenoxy) is 2. The van der Waals surface area contributed by atoms with Crippen LogP contribution in [0, 0.1) is 0 Å². The van der Waals surface area contributed by atoms with Gasteiger partial charge in [-0.1, -0.05) is 24.3 Å². The van der Waals surface area contributed by atoms with E-state index >= 15 is 0 Å². The largest absolute Gasteiger partial charge is 0.446 e. The Morgan fingerprint density at radius 3 is 1.16 bits per heavy atom. The quantitative estimate of drug-likeness (QED) is 0.367. The minimum Gasteiger partial charge on any atom is -0.446 e. The van der Waals surface area contributed by atoms with E-state index in [9.17, 15) is 20.0 Å². The third-order valence-electron chi connectivity index (χ3n) is 8.46. The van der Waals surface area contributed by atoms with E-state index in [4.69, 9.17) is 9.47 Å². The number of benzene rings is 2. The Morgan fingerprint density at radius 1 is 0.605 bits per heavy atom. The number of nitrogens with one attached hydrogen (secondary N) is 2. The van der Waals surface area contributed by atoms with Gasteiger partial charge in [0.05, 0.1) is 0 Å². The van der Waals surface area contributed by atoms with Crippen LogP contribution < -0.4 is 10.6 Å². The Balaban J connectivity index is 1.25. The van der Waals surface area contributed by atoms with Gasteiger partial charge in [-0.2, -0.15) is 0 Å². The summed E-state index contributed by atoms with van der Waals surface area (Å²) in [5, 5.41) is 32.9. The van der Waals surface area contributed by atoms with Gasteiger partial charge in [-0.25, -0.2) is 9.59 Å². The van der Waals surface area contributed by atoms with Crippen molar-refractivity contribution >= 4 is 23.6 Å². The van der Waals surface area contributed by atoms with Crippen LogP contribution in [0.4, 0.5) is 21.0 Å². The Hall–Kier alpha value is -3.18. The molecule has 2 fully saturated rings. The summed E-state index contributed by atoms with van der Waals surface area (Å²) in [6.45, 7) is 15.0. The molecule has 2 aliphatic heterocycles. The summed E-state index contributed by atoms with van der Waals surface area (Å²) in [6, 6.07) is 15.1. The molecule has 0 spiro atoms. The van der Waals surface area contributed by atoms with Crippen molar-refractivity contribution in [2.24, 2.45) is 0 Å². The lowest BCUT2D eigenvalue weighted by atomic mass is 9.80. The summed E-state index contributed by atoms with van der Waals surface area (Å²) in [7, 11) is 0. The smallest absolute Gasteiger partial charge is 0.411 e. The van der Waals surface area contributed by atoms with Gasteiger partial charge in [-0.05, 0) is 97.2 Å². The van der Waals surface area contributed by atoms with Crippen molar-refractivity contribution in [1.82, 2.24) is 10.1 Å². The maximum Gasteiger partial charge on any atom is 0.411 e. The number of piperidine rings is 2. The van der Waals surface area contributed by atoms with Crippen LogP contribution in [0.3, 0.4) is 0 Å². The van der Waals surface area contributed by atoms with Gasteiger partial charge in [0, 0.05) is 59.2 Å². The van der Waals surface area contributed by atoms with Gasteiger partial charge in [0.15, 0.2) is 0 Å². The van der Waals surface area contributed by atoms with Crippen molar-refractivity contribution in [3.63, 3.8) is 0 Å². The van der Waals surface area contributed by atoms with Gasteiger partial charge >= 0.3 is 12.2 Å². The molecule has 2 aliphatic rings. The van der Waals surface area contributed by atoms with Gasteiger partial charge in [0.1, 0.15) is 12.2 Å². The SMILES string of the molecule is CC1(C)CC(OC(=O)Nc2ccc(Cc3ccc(NC(=O)OC4CC(C)(C)N([O])C(C)(C)C4)cc3)cc2)CC(C)(C)N1[O]. The molecule has 0 saturated carbocycles. The molecule has 10 nitrogen and oxygen atoms in total. The maximum absolute atomic E-state index is 12.6. The summed E-state index contributed by atoms with van der Waals surface area (Å²) >= 11 is 0. The van der Waals surface area contributed by atoms with E-state index in [2.05, 4.69) is 10.6 Å². The van der Waals surface area contributed by atoms with E-state index in [1.165, 1.54) is 0 Å². The molecule has 0 unspecified atom stereocenters. The predicted molar refractivity (Wildman–Crippen MR) is 163 cm³/mol. The fourth-order valence-corrected chi connectivity index (χ4v) is 6.75. The summed E-state index contributed by atoms with van der Waals surface area (Å²) < 4.78 is 11.4. The minimum atomic E-state index is -0.613. The number of carbonyl (C=O) groups is 2. The van der Waals surface area contributed by atoms with Crippen molar-refractivity contribution in [2.75, 3.05) is 10.6 Å². The third kappa shape index (κ3) is 8.06. The van der Waals surface area contributed by atoms with Crippen LogP contribution in [0.25, 0.3) is 0 Å². The minimum absolute atomic E-state index is 0.342. The molecule has 2 aromatic rings. The number of hydrogen-bond donors (Lipinski definition) is 2. The van der Waals surface area contributed by atoms with E-state index in [1.54, 1.807) is 0 Å². The standard InChI is InChI=1S/C33H46N4O6/c1-30(2)18-26(19-31(3,4)36(30)40)42-28(38)34-24-13-9-22(10-14-24)17-23-11-15-25(16-12-23)35-29(39)43-27-20-32(5,6)37(41)33(7,8)21-27/h9-16,26-27H,17-21H2,1-8H3,(H,34,38)(H,35,39). The Morgan fingerprint density at radius 2 is 0.884 bits per heavy atom. The van der Waals surface area contributed by atoms with Crippen molar-refractivity contribution in [2.45, 2.75) is 122 Å². The number of amides is 2. The van der Waals surface area contributed by atoms with Crippen LogP contribution in [0.5, 0.6) is 0 Å². The molecular weight excluding hydrogens is 548 g/mol. The molecule has 2 aromatic carbocycles. The second-order valence-corrected chi connectivity index (χ2v) is 14.5. The van der Waals surface area contributed by atoms with Crippen molar-refractivity contribution < 1.29 is 29.5 Å². The molecule has 2 heterocycles. The van der Waals surface area contributed by atoms with Crippen LogP contribution >= 0.6 is 0 Å². The normalized spacial score (nSPS) is 22.0. The van der Waals surface area contributed by atoms with Gasteiger partial charge in [-0.15, -0.1) is 20.5 Å². The molecule has 10 heteroatoms. The number of rotatable bonds is 6.